The number of phenolic OH excluding ortho intramolecular Hbond substituents is 2. The Kier molecular flexibility index (Phi) is 3.48. The van der Waals surface area contributed by atoms with E-state index in [1.165, 1.54) is 12.3 Å². The third-order valence-electron chi connectivity index (χ3n) is 2.47. The fraction of sp³-hybridized carbons (Fsp3) is 0.0714. The van der Waals surface area contributed by atoms with E-state index in [2.05, 4.69) is 4.99 Å². The van der Waals surface area contributed by atoms with Crippen molar-refractivity contribution in [2.75, 3.05) is 7.11 Å². The number of hydrogen-bond acceptors (Lipinski definition) is 4. The van der Waals surface area contributed by atoms with Crippen LogP contribution in [0.5, 0.6) is 17.2 Å². The zero-order chi connectivity index (χ0) is 13.0. The van der Waals surface area contributed by atoms with E-state index >= 15 is 0 Å². The first-order valence-corrected chi connectivity index (χ1v) is 5.40. The Morgan fingerprint density at radius 2 is 1.78 bits per heavy atom. The van der Waals surface area contributed by atoms with Gasteiger partial charge in [0.05, 0.1) is 12.8 Å². The molecular weight excluding hydrogens is 230 g/mol. The molecule has 0 bridgehead atoms. The highest BCUT2D eigenvalue weighted by Crippen LogP contribution is 2.27. The quantitative estimate of drug-likeness (QED) is 0.643. The minimum absolute atomic E-state index is 0.159. The standard InChI is InChI=1S/C14H13NO3/c1-18-12-7-5-11(6-8-12)15-9-10-3-2-4-13(16)14(10)17/h2-9,16-17H,1H3. The van der Waals surface area contributed by atoms with Crippen LogP contribution in [0.2, 0.25) is 0 Å². The molecule has 4 nitrogen and oxygen atoms in total. The lowest BCUT2D eigenvalue weighted by Gasteiger charge is -2.01. The number of nitrogens with zero attached hydrogens (tertiary/aromatic N) is 1. The number of para-hydroxylation sites is 1. The van der Waals surface area contributed by atoms with E-state index in [9.17, 15) is 10.2 Å². The highest BCUT2D eigenvalue weighted by atomic mass is 16.5. The summed E-state index contributed by atoms with van der Waals surface area (Å²) in [5, 5.41) is 18.9. The Bertz CT molecular complexity index is 562. The second-order valence-corrected chi connectivity index (χ2v) is 3.67. The molecule has 18 heavy (non-hydrogen) atoms. The number of rotatable bonds is 3. The molecule has 0 fully saturated rings. The van der Waals surface area contributed by atoms with Gasteiger partial charge in [0.2, 0.25) is 0 Å². The van der Waals surface area contributed by atoms with Gasteiger partial charge in [0.1, 0.15) is 5.75 Å². The maximum Gasteiger partial charge on any atom is 0.166 e. The van der Waals surface area contributed by atoms with E-state index in [0.717, 1.165) is 11.4 Å². The van der Waals surface area contributed by atoms with Crippen LogP contribution in [-0.4, -0.2) is 23.5 Å². The van der Waals surface area contributed by atoms with Gasteiger partial charge in [-0.3, -0.25) is 4.99 Å². The van der Waals surface area contributed by atoms with Crippen molar-refractivity contribution in [1.82, 2.24) is 0 Å². The molecule has 2 N–H and O–H groups in total. The third kappa shape index (κ3) is 2.60. The van der Waals surface area contributed by atoms with Gasteiger partial charge in [-0.05, 0) is 36.4 Å². The van der Waals surface area contributed by atoms with Crippen LogP contribution in [0.3, 0.4) is 0 Å². The lowest BCUT2D eigenvalue weighted by atomic mass is 10.2. The van der Waals surface area contributed by atoms with Crippen molar-refractivity contribution in [2.24, 2.45) is 4.99 Å². The monoisotopic (exact) mass is 243 g/mol. The molecule has 0 saturated heterocycles. The fourth-order valence-electron chi connectivity index (χ4n) is 1.47. The number of aromatic hydroxyl groups is 2. The van der Waals surface area contributed by atoms with Crippen LogP contribution in [0.1, 0.15) is 5.56 Å². The third-order valence-corrected chi connectivity index (χ3v) is 2.47. The van der Waals surface area contributed by atoms with Gasteiger partial charge in [-0.25, -0.2) is 0 Å². The average Bonchev–Trinajstić information content (AvgIpc) is 2.41. The minimum atomic E-state index is -0.172. The van der Waals surface area contributed by atoms with Crippen molar-refractivity contribution in [2.45, 2.75) is 0 Å². The average molecular weight is 243 g/mol. The van der Waals surface area contributed by atoms with Crippen LogP contribution in [0.4, 0.5) is 5.69 Å². The first-order valence-electron chi connectivity index (χ1n) is 5.40. The van der Waals surface area contributed by atoms with Crippen molar-refractivity contribution in [3.05, 3.63) is 48.0 Å². The Morgan fingerprint density at radius 1 is 1.06 bits per heavy atom. The van der Waals surface area contributed by atoms with Crippen molar-refractivity contribution >= 4 is 11.9 Å². The van der Waals surface area contributed by atoms with Crippen LogP contribution in [0.25, 0.3) is 0 Å². The van der Waals surface area contributed by atoms with Gasteiger partial charge in [0, 0.05) is 11.8 Å². The SMILES string of the molecule is COc1ccc(N=Cc2cccc(O)c2O)cc1. The summed E-state index contributed by atoms with van der Waals surface area (Å²) in [5.74, 6) is 0.428. The zero-order valence-electron chi connectivity index (χ0n) is 9.87. The highest BCUT2D eigenvalue weighted by Gasteiger charge is 2.02. The summed E-state index contributed by atoms with van der Waals surface area (Å²) < 4.78 is 5.04. The summed E-state index contributed by atoms with van der Waals surface area (Å²) in [6, 6.07) is 11.9. The Morgan fingerprint density at radius 3 is 2.44 bits per heavy atom. The molecule has 2 aromatic carbocycles. The summed E-state index contributed by atoms with van der Waals surface area (Å²) in [4.78, 5) is 4.20. The van der Waals surface area contributed by atoms with Gasteiger partial charge in [-0.1, -0.05) is 6.07 Å². The topological polar surface area (TPSA) is 62.0 Å². The van der Waals surface area contributed by atoms with Crippen LogP contribution in [0.15, 0.2) is 47.5 Å². The van der Waals surface area contributed by atoms with Crippen molar-refractivity contribution < 1.29 is 14.9 Å². The highest BCUT2D eigenvalue weighted by molar-refractivity contribution is 5.86. The van der Waals surface area contributed by atoms with Crippen molar-refractivity contribution in [3.8, 4) is 17.2 Å². The van der Waals surface area contributed by atoms with Gasteiger partial charge < -0.3 is 14.9 Å². The molecule has 0 aliphatic rings. The molecule has 0 unspecified atom stereocenters. The van der Waals surface area contributed by atoms with Crippen LogP contribution in [0, 0.1) is 0 Å². The lowest BCUT2D eigenvalue weighted by molar-refractivity contribution is 0.403. The Balaban J connectivity index is 2.21. The Labute approximate surface area is 105 Å². The van der Waals surface area contributed by atoms with Gasteiger partial charge >= 0.3 is 0 Å². The molecule has 92 valence electrons. The molecule has 0 spiro atoms. The van der Waals surface area contributed by atoms with E-state index in [1.54, 1.807) is 43.5 Å². The van der Waals surface area contributed by atoms with Crippen LogP contribution in [-0.2, 0) is 0 Å². The predicted octanol–water partition coefficient (Wildman–Crippen LogP) is 2.86. The van der Waals surface area contributed by atoms with Gasteiger partial charge in [-0.2, -0.15) is 0 Å². The molecule has 0 aliphatic carbocycles. The fourth-order valence-corrected chi connectivity index (χ4v) is 1.47. The molecule has 2 aromatic rings. The minimum Gasteiger partial charge on any atom is -0.504 e. The molecular formula is C14H13NO3. The molecule has 0 aromatic heterocycles. The second-order valence-electron chi connectivity index (χ2n) is 3.67. The smallest absolute Gasteiger partial charge is 0.166 e. The zero-order valence-corrected chi connectivity index (χ0v) is 9.87. The van der Waals surface area contributed by atoms with Gasteiger partial charge in [0.15, 0.2) is 11.5 Å². The number of ether oxygens (including phenoxy) is 1. The molecule has 0 radical (unpaired) electrons. The summed E-state index contributed by atoms with van der Waals surface area (Å²) in [6.45, 7) is 0. The maximum atomic E-state index is 9.60. The van der Waals surface area contributed by atoms with Gasteiger partial charge in [-0.15, -0.1) is 0 Å². The molecule has 4 heteroatoms. The second kappa shape index (κ2) is 5.23. The predicted molar refractivity (Wildman–Crippen MR) is 70.0 cm³/mol. The van der Waals surface area contributed by atoms with E-state index in [-0.39, 0.29) is 11.5 Å². The van der Waals surface area contributed by atoms with Crippen LogP contribution < -0.4 is 4.74 Å². The van der Waals surface area contributed by atoms with E-state index in [1.807, 2.05) is 0 Å². The van der Waals surface area contributed by atoms with Crippen LogP contribution >= 0.6 is 0 Å². The molecule has 0 heterocycles. The summed E-state index contributed by atoms with van der Waals surface area (Å²) in [7, 11) is 1.60. The lowest BCUT2D eigenvalue weighted by Crippen LogP contribution is -1.83. The van der Waals surface area contributed by atoms with E-state index in [0.29, 0.717) is 5.56 Å². The molecule has 0 aliphatic heterocycles. The number of hydrogen-bond donors (Lipinski definition) is 2. The summed E-state index contributed by atoms with van der Waals surface area (Å²) >= 11 is 0. The van der Waals surface area contributed by atoms with E-state index in [4.69, 9.17) is 4.74 Å². The largest absolute Gasteiger partial charge is 0.504 e. The molecule has 0 amide bonds. The maximum absolute atomic E-state index is 9.60. The molecule has 2 rings (SSSR count). The number of benzene rings is 2. The van der Waals surface area contributed by atoms with Gasteiger partial charge in [0.25, 0.3) is 0 Å². The molecule has 0 saturated carbocycles. The molecule has 0 atom stereocenters. The summed E-state index contributed by atoms with van der Waals surface area (Å²) in [6.07, 6.45) is 1.50. The first kappa shape index (κ1) is 12.0. The number of methoxy groups -OCH3 is 1. The summed E-state index contributed by atoms with van der Waals surface area (Å²) in [5.41, 5.74) is 1.20. The van der Waals surface area contributed by atoms with Crippen molar-refractivity contribution in [1.29, 1.82) is 0 Å². The number of aliphatic imine (C=N–C) groups is 1. The van der Waals surface area contributed by atoms with E-state index < -0.39 is 0 Å². The van der Waals surface area contributed by atoms with Crippen molar-refractivity contribution in [3.63, 3.8) is 0 Å². The first-order chi connectivity index (χ1) is 8.70. The normalized spacial score (nSPS) is 10.7. The number of phenols is 2. The Hall–Kier alpha value is -2.49.